The molecule has 1 N–H and O–H groups in total. The third kappa shape index (κ3) is 2.85. The van der Waals surface area contributed by atoms with Gasteiger partial charge in [-0.2, -0.15) is 0 Å². The molecule has 1 amide bonds. The molecule has 1 atom stereocenters. The van der Waals surface area contributed by atoms with E-state index in [9.17, 15) is 13.2 Å². The van der Waals surface area contributed by atoms with E-state index in [0.29, 0.717) is 18.0 Å². The van der Waals surface area contributed by atoms with Crippen LogP contribution in [0.4, 0.5) is 5.13 Å². The fourth-order valence-corrected chi connectivity index (χ4v) is 5.76. The molecule has 3 rings (SSSR count). The van der Waals surface area contributed by atoms with Gasteiger partial charge in [-0.05, 0) is 38.0 Å². The molecule has 0 aromatic carbocycles. The van der Waals surface area contributed by atoms with E-state index in [-0.39, 0.29) is 28.7 Å². The molecular formula is C14H20N2O3S2. The van der Waals surface area contributed by atoms with Gasteiger partial charge in [-0.1, -0.05) is 6.92 Å². The lowest BCUT2D eigenvalue weighted by atomic mass is 9.96. The number of thiazole rings is 1. The van der Waals surface area contributed by atoms with Gasteiger partial charge >= 0.3 is 0 Å². The molecule has 2 aliphatic rings. The third-order valence-electron chi connectivity index (χ3n) is 4.79. The lowest BCUT2D eigenvalue weighted by molar-refractivity contribution is -0.118. The molecule has 1 unspecified atom stereocenters. The normalized spacial score (nSPS) is 25.7. The Morgan fingerprint density at radius 1 is 1.43 bits per heavy atom. The molecule has 0 bridgehead atoms. The highest BCUT2D eigenvalue weighted by Gasteiger charge is 2.59. The summed E-state index contributed by atoms with van der Waals surface area (Å²) in [6, 6.07) is 0. The van der Waals surface area contributed by atoms with Crippen molar-refractivity contribution in [3.05, 3.63) is 10.6 Å². The van der Waals surface area contributed by atoms with Gasteiger partial charge in [0.2, 0.25) is 5.91 Å². The van der Waals surface area contributed by atoms with Crippen LogP contribution in [0.1, 0.15) is 36.8 Å². The maximum absolute atomic E-state index is 12.3. The summed E-state index contributed by atoms with van der Waals surface area (Å²) in [7, 11) is -2.87. The Balaban J connectivity index is 1.63. The Morgan fingerprint density at radius 3 is 2.67 bits per heavy atom. The minimum Gasteiger partial charge on any atom is -0.302 e. The van der Waals surface area contributed by atoms with Crippen molar-refractivity contribution < 1.29 is 13.2 Å². The minimum atomic E-state index is -2.87. The molecule has 1 aromatic rings. The van der Waals surface area contributed by atoms with Crippen molar-refractivity contribution in [3.63, 3.8) is 0 Å². The summed E-state index contributed by atoms with van der Waals surface area (Å²) < 4.78 is 23.0. The highest BCUT2D eigenvalue weighted by atomic mass is 32.2. The lowest BCUT2D eigenvalue weighted by Crippen LogP contribution is -2.28. The fourth-order valence-electron chi connectivity index (χ4n) is 3.22. The highest BCUT2D eigenvalue weighted by Crippen LogP contribution is 2.60. The van der Waals surface area contributed by atoms with Crippen LogP contribution in [-0.2, 0) is 21.1 Å². The first-order chi connectivity index (χ1) is 9.85. The molecule has 2 heterocycles. The molecule has 0 radical (unpaired) electrons. The Hall–Kier alpha value is -0.950. The monoisotopic (exact) mass is 328 g/mol. The van der Waals surface area contributed by atoms with Gasteiger partial charge in [-0.15, -0.1) is 11.3 Å². The third-order valence-corrected chi connectivity index (χ3v) is 7.37. The number of hydrogen-bond acceptors (Lipinski definition) is 5. The first kappa shape index (κ1) is 15.0. The molecular weight excluding hydrogens is 308 g/mol. The molecule has 1 saturated carbocycles. The quantitative estimate of drug-likeness (QED) is 0.922. The number of sulfone groups is 1. The molecule has 7 heteroatoms. The summed E-state index contributed by atoms with van der Waals surface area (Å²) in [5.74, 6) is 0.424. The van der Waals surface area contributed by atoms with Crippen LogP contribution in [0.2, 0.25) is 0 Å². The van der Waals surface area contributed by atoms with E-state index in [1.54, 1.807) is 0 Å². The number of carbonyl (C=O) groups is 1. The van der Waals surface area contributed by atoms with Crippen LogP contribution in [0.25, 0.3) is 0 Å². The first-order valence-electron chi connectivity index (χ1n) is 7.33. The SMILES string of the molecule is CCc1nc(NC(=O)C2CC23CCS(=O)(=O)CC3)sc1C. The van der Waals surface area contributed by atoms with Crippen LogP contribution < -0.4 is 5.32 Å². The number of carbonyl (C=O) groups excluding carboxylic acids is 1. The number of nitrogens with one attached hydrogen (secondary N) is 1. The molecule has 21 heavy (non-hydrogen) atoms. The molecule has 116 valence electrons. The summed E-state index contributed by atoms with van der Waals surface area (Å²) in [5.41, 5.74) is 0.972. The zero-order valence-electron chi connectivity index (χ0n) is 12.3. The molecule has 1 saturated heterocycles. The Kier molecular flexibility index (Phi) is 3.60. The Morgan fingerprint density at radius 2 is 2.10 bits per heavy atom. The van der Waals surface area contributed by atoms with Crippen LogP contribution in [-0.4, -0.2) is 30.8 Å². The summed E-state index contributed by atoms with van der Waals surface area (Å²) >= 11 is 1.51. The van der Waals surface area contributed by atoms with E-state index in [2.05, 4.69) is 10.3 Å². The standard InChI is InChI=1S/C14H20N2O3S2/c1-3-11-9(2)20-13(15-11)16-12(17)10-8-14(10)4-6-21(18,19)7-5-14/h10H,3-8H2,1-2H3,(H,15,16,17). The zero-order valence-corrected chi connectivity index (χ0v) is 13.9. The second kappa shape index (κ2) is 5.05. The molecule has 2 fully saturated rings. The van der Waals surface area contributed by atoms with E-state index in [1.165, 1.54) is 11.3 Å². The maximum atomic E-state index is 12.3. The molecule has 1 aromatic heterocycles. The van der Waals surface area contributed by atoms with Gasteiger partial charge in [0.1, 0.15) is 9.84 Å². The zero-order chi connectivity index (χ0) is 15.3. The predicted molar refractivity (Wildman–Crippen MR) is 83.3 cm³/mol. The number of rotatable bonds is 3. The van der Waals surface area contributed by atoms with Crippen molar-refractivity contribution in [2.75, 3.05) is 16.8 Å². The van der Waals surface area contributed by atoms with Gasteiger partial charge in [0.05, 0.1) is 17.2 Å². The number of amides is 1. The van der Waals surface area contributed by atoms with Crippen molar-refractivity contribution in [1.82, 2.24) is 4.98 Å². The summed E-state index contributed by atoms with van der Waals surface area (Å²) in [6.45, 7) is 4.06. The Labute approximate surface area is 129 Å². The summed E-state index contributed by atoms with van der Waals surface area (Å²) in [4.78, 5) is 17.9. The van der Waals surface area contributed by atoms with Gasteiger partial charge in [0, 0.05) is 10.8 Å². The second-order valence-electron chi connectivity index (χ2n) is 6.14. The van der Waals surface area contributed by atoms with Crippen molar-refractivity contribution in [2.24, 2.45) is 11.3 Å². The van der Waals surface area contributed by atoms with Crippen LogP contribution in [0.3, 0.4) is 0 Å². The molecule has 1 aliphatic heterocycles. The van der Waals surface area contributed by atoms with Crippen molar-refractivity contribution in [3.8, 4) is 0 Å². The topological polar surface area (TPSA) is 76.1 Å². The molecule has 5 nitrogen and oxygen atoms in total. The average Bonchev–Trinajstić information content (AvgIpc) is 3.03. The van der Waals surface area contributed by atoms with Gasteiger partial charge in [0.25, 0.3) is 0 Å². The van der Waals surface area contributed by atoms with E-state index >= 15 is 0 Å². The fraction of sp³-hybridized carbons (Fsp3) is 0.714. The Bertz CT molecular complexity index is 664. The van der Waals surface area contributed by atoms with Crippen LogP contribution in [0, 0.1) is 18.3 Å². The van der Waals surface area contributed by atoms with Crippen molar-refractivity contribution >= 4 is 32.2 Å². The number of nitrogens with zero attached hydrogens (tertiary/aromatic N) is 1. The predicted octanol–water partition coefficient (Wildman–Crippen LogP) is 2.17. The number of hydrogen-bond donors (Lipinski definition) is 1. The summed E-state index contributed by atoms with van der Waals surface area (Å²) in [5, 5.41) is 3.58. The van der Waals surface area contributed by atoms with Crippen LogP contribution >= 0.6 is 11.3 Å². The van der Waals surface area contributed by atoms with E-state index in [4.69, 9.17) is 0 Å². The average molecular weight is 328 g/mol. The van der Waals surface area contributed by atoms with Gasteiger partial charge in [0.15, 0.2) is 5.13 Å². The second-order valence-corrected chi connectivity index (χ2v) is 9.64. The minimum absolute atomic E-state index is 0.00528. The van der Waals surface area contributed by atoms with Gasteiger partial charge in [-0.25, -0.2) is 13.4 Å². The van der Waals surface area contributed by atoms with Crippen molar-refractivity contribution in [1.29, 1.82) is 0 Å². The largest absolute Gasteiger partial charge is 0.302 e. The maximum Gasteiger partial charge on any atom is 0.229 e. The van der Waals surface area contributed by atoms with E-state index in [0.717, 1.165) is 23.4 Å². The first-order valence-corrected chi connectivity index (χ1v) is 9.97. The van der Waals surface area contributed by atoms with E-state index in [1.807, 2.05) is 13.8 Å². The summed E-state index contributed by atoms with van der Waals surface area (Å²) in [6.07, 6.45) is 2.94. The van der Waals surface area contributed by atoms with Gasteiger partial charge < -0.3 is 5.32 Å². The van der Waals surface area contributed by atoms with Crippen LogP contribution in [0.5, 0.6) is 0 Å². The van der Waals surface area contributed by atoms with Gasteiger partial charge in [-0.3, -0.25) is 4.79 Å². The number of anilines is 1. The van der Waals surface area contributed by atoms with Crippen LogP contribution in [0.15, 0.2) is 0 Å². The van der Waals surface area contributed by atoms with Crippen molar-refractivity contribution in [2.45, 2.75) is 39.5 Å². The number of aryl methyl sites for hydroxylation is 2. The lowest BCUT2D eigenvalue weighted by Gasteiger charge is -2.22. The molecule has 1 spiro atoms. The van der Waals surface area contributed by atoms with E-state index < -0.39 is 9.84 Å². The number of aromatic nitrogens is 1. The smallest absolute Gasteiger partial charge is 0.229 e. The molecule has 1 aliphatic carbocycles. The highest BCUT2D eigenvalue weighted by molar-refractivity contribution is 7.91.